The lowest BCUT2D eigenvalue weighted by atomic mass is 9.76. The Morgan fingerprint density at radius 1 is 0.517 bits per heavy atom. The highest BCUT2D eigenvalue weighted by Gasteiger charge is 2.24. The third-order valence-electron chi connectivity index (χ3n) is 5.60. The summed E-state index contributed by atoms with van der Waals surface area (Å²) in [6.45, 7) is 4.39. The van der Waals surface area contributed by atoms with Crippen molar-refractivity contribution in [2.24, 2.45) is 0 Å². The van der Waals surface area contributed by atoms with Crippen LogP contribution in [0.15, 0.2) is 97.1 Å². The largest absolute Gasteiger partial charge is 0.507 e. The van der Waals surface area contributed by atoms with E-state index in [-0.39, 0.29) is 16.9 Å². The molecule has 0 fully saturated rings. The van der Waals surface area contributed by atoms with Gasteiger partial charge in [0, 0.05) is 16.5 Å². The first-order valence-corrected chi connectivity index (χ1v) is 9.74. The Balaban J connectivity index is 1.77. The molecule has 0 unspecified atom stereocenters. The molecule has 2 N–H and O–H groups in total. The van der Waals surface area contributed by atoms with Crippen LogP contribution in [-0.2, 0) is 5.41 Å². The van der Waals surface area contributed by atoms with Crippen LogP contribution >= 0.6 is 0 Å². The van der Waals surface area contributed by atoms with Gasteiger partial charge in [0.1, 0.15) is 11.5 Å². The second-order valence-electron chi connectivity index (χ2n) is 7.82. The van der Waals surface area contributed by atoms with E-state index in [1.54, 1.807) is 12.1 Å². The number of phenolic OH excluding ortho intramolecular Hbond substituents is 2. The van der Waals surface area contributed by atoms with Gasteiger partial charge >= 0.3 is 0 Å². The maximum Gasteiger partial charge on any atom is 0.123 e. The number of benzene rings is 4. The van der Waals surface area contributed by atoms with E-state index in [1.807, 2.05) is 60.7 Å². The van der Waals surface area contributed by atoms with Crippen molar-refractivity contribution in [3.05, 3.63) is 108 Å². The smallest absolute Gasteiger partial charge is 0.123 e. The highest BCUT2D eigenvalue weighted by molar-refractivity contribution is 5.72. The lowest BCUT2D eigenvalue weighted by Gasteiger charge is -2.27. The molecule has 2 heteroatoms. The van der Waals surface area contributed by atoms with Crippen LogP contribution in [0, 0.1) is 0 Å². The van der Waals surface area contributed by atoms with Crippen LogP contribution in [0.1, 0.15) is 25.0 Å². The van der Waals surface area contributed by atoms with Gasteiger partial charge in [-0.1, -0.05) is 98.8 Å². The van der Waals surface area contributed by atoms with Gasteiger partial charge in [0.25, 0.3) is 0 Å². The molecule has 0 bridgehead atoms. The molecule has 0 radical (unpaired) electrons. The van der Waals surface area contributed by atoms with E-state index in [0.29, 0.717) is 0 Å². The van der Waals surface area contributed by atoms with Crippen molar-refractivity contribution >= 4 is 0 Å². The fourth-order valence-corrected chi connectivity index (χ4v) is 3.75. The SMILES string of the molecule is CC(C)(c1cccc(-c2ccccc2O)c1)c1cccc(-c2ccccc2O)c1. The monoisotopic (exact) mass is 380 g/mol. The maximum absolute atomic E-state index is 10.2. The third kappa shape index (κ3) is 3.62. The van der Waals surface area contributed by atoms with E-state index in [0.717, 1.165) is 33.4 Å². The van der Waals surface area contributed by atoms with Gasteiger partial charge in [0.2, 0.25) is 0 Å². The highest BCUT2D eigenvalue weighted by Crippen LogP contribution is 2.38. The number of aromatic hydroxyl groups is 2. The summed E-state index contributed by atoms with van der Waals surface area (Å²) in [4.78, 5) is 0. The number of hydrogen-bond acceptors (Lipinski definition) is 2. The predicted molar refractivity (Wildman–Crippen MR) is 119 cm³/mol. The Labute approximate surface area is 171 Å². The van der Waals surface area contributed by atoms with Crippen LogP contribution in [0.3, 0.4) is 0 Å². The van der Waals surface area contributed by atoms with Crippen molar-refractivity contribution in [2.45, 2.75) is 19.3 Å². The molecule has 4 aromatic rings. The van der Waals surface area contributed by atoms with E-state index in [9.17, 15) is 10.2 Å². The van der Waals surface area contributed by atoms with E-state index >= 15 is 0 Å². The second-order valence-corrected chi connectivity index (χ2v) is 7.82. The zero-order chi connectivity index (χ0) is 20.4. The average Bonchev–Trinajstić information content (AvgIpc) is 2.74. The first-order valence-electron chi connectivity index (χ1n) is 9.74. The summed E-state index contributed by atoms with van der Waals surface area (Å²) in [5, 5.41) is 20.5. The van der Waals surface area contributed by atoms with Crippen molar-refractivity contribution in [1.82, 2.24) is 0 Å². The summed E-state index contributed by atoms with van der Waals surface area (Å²) < 4.78 is 0. The van der Waals surface area contributed by atoms with E-state index in [1.165, 1.54) is 0 Å². The molecule has 29 heavy (non-hydrogen) atoms. The summed E-state index contributed by atoms with van der Waals surface area (Å²) in [5.74, 6) is 0.563. The van der Waals surface area contributed by atoms with Gasteiger partial charge in [-0.25, -0.2) is 0 Å². The van der Waals surface area contributed by atoms with Crippen LogP contribution in [0.4, 0.5) is 0 Å². The molecule has 0 heterocycles. The van der Waals surface area contributed by atoms with Gasteiger partial charge in [-0.2, -0.15) is 0 Å². The van der Waals surface area contributed by atoms with Gasteiger partial charge in [-0.05, 0) is 34.4 Å². The second kappa shape index (κ2) is 7.48. The van der Waals surface area contributed by atoms with E-state index in [4.69, 9.17) is 0 Å². The van der Waals surface area contributed by atoms with Crippen LogP contribution in [0.2, 0.25) is 0 Å². The Hall–Kier alpha value is -3.52. The zero-order valence-corrected chi connectivity index (χ0v) is 16.6. The summed E-state index contributed by atoms with van der Waals surface area (Å²) in [5.41, 5.74) is 5.71. The molecular weight excluding hydrogens is 356 g/mol. The van der Waals surface area contributed by atoms with E-state index in [2.05, 4.69) is 38.1 Å². The van der Waals surface area contributed by atoms with Crippen LogP contribution in [0.5, 0.6) is 11.5 Å². The first kappa shape index (κ1) is 18.8. The van der Waals surface area contributed by atoms with Gasteiger partial charge in [0.15, 0.2) is 0 Å². The fourth-order valence-electron chi connectivity index (χ4n) is 3.75. The summed E-state index contributed by atoms with van der Waals surface area (Å²) in [6.07, 6.45) is 0. The van der Waals surface area contributed by atoms with Crippen molar-refractivity contribution in [1.29, 1.82) is 0 Å². The Bertz CT molecular complexity index is 1070. The molecule has 0 aromatic heterocycles. The molecule has 2 nitrogen and oxygen atoms in total. The van der Waals surface area contributed by atoms with Crippen molar-refractivity contribution in [2.75, 3.05) is 0 Å². The average molecular weight is 380 g/mol. The molecular formula is C27H24O2. The first-order chi connectivity index (χ1) is 14.0. The quantitative estimate of drug-likeness (QED) is 0.411. The molecule has 0 spiro atoms. The number of hydrogen-bond donors (Lipinski definition) is 2. The summed E-state index contributed by atoms with van der Waals surface area (Å²) in [6, 6.07) is 31.4. The van der Waals surface area contributed by atoms with Crippen LogP contribution in [-0.4, -0.2) is 10.2 Å². The van der Waals surface area contributed by atoms with Crippen LogP contribution < -0.4 is 0 Å². The molecule has 0 saturated carbocycles. The summed E-state index contributed by atoms with van der Waals surface area (Å²) in [7, 11) is 0. The molecule has 0 amide bonds. The summed E-state index contributed by atoms with van der Waals surface area (Å²) >= 11 is 0. The maximum atomic E-state index is 10.2. The van der Waals surface area contributed by atoms with Gasteiger partial charge < -0.3 is 10.2 Å². The van der Waals surface area contributed by atoms with Gasteiger partial charge in [-0.3, -0.25) is 0 Å². The minimum Gasteiger partial charge on any atom is -0.507 e. The topological polar surface area (TPSA) is 40.5 Å². The number of rotatable bonds is 4. The lowest BCUT2D eigenvalue weighted by molar-refractivity contribution is 0.477. The molecule has 0 saturated heterocycles. The minimum atomic E-state index is -0.249. The highest BCUT2D eigenvalue weighted by atomic mass is 16.3. The molecule has 0 aliphatic carbocycles. The van der Waals surface area contributed by atoms with Gasteiger partial charge in [0.05, 0.1) is 0 Å². The third-order valence-corrected chi connectivity index (χ3v) is 5.60. The van der Waals surface area contributed by atoms with Crippen LogP contribution in [0.25, 0.3) is 22.3 Å². The predicted octanol–water partition coefficient (Wildman–Crippen LogP) is 6.76. The Morgan fingerprint density at radius 2 is 0.931 bits per heavy atom. The number of phenols is 2. The fraction of sp³-hybridized carbons (Fsp3) is 0.111. The van der Waals surface area contributed by atoms with Crippen molar-refractivity contribution < 1.29 is 10.2 Å². The molecule has 0 aliphatic heterocycles. The lowest BCUT2D eigenvalue weighted by Crippen LogP contribution is -2.19. The van der Waals surface area contributed by atoms with Crippen molar-refractivity contribution in [3.63, 3.8) is 0 Å². The molecule has 4 aromatic carbocycles. The molecule has 0 atom stereocenters. The normalized spacial score (nSPS) is 11.4. The molecule has 4 rings (SSSR count). The van der Waals surface area contributed by atoms with Crippen molar-refractivity contribution in [3.8, 4) is 33.8 Å². The Kier molecular flexibility index (Phi) is 4.85. The zero-order valence-electron chi connectivity index (χ0n) is 16.6. The standard InChI is InChI=1S/C27H24O2/c1-27(2,21-11-7-9-19(17-21)23-13-3-5-15-25(23)28)22-12-8-10-20(18-22)24-14-4-6-16-26(24)29/h3-18,28-29H,1-2H3. The van der Waals surface area contributed by atoms with E-state index < -0.39 is 0 Å². The Morgan fingerprint density at radius 3 is 1.34 bits per heavy atom. The van der Waals surface area contributed by atoms with Gasteiger partial charge in [-0.15, -0.1) is 0 Å². The molecule has 0 aliphatic rings. The minimum absolute atomic E-state index is 0.249. The molecule has 144 valence electrons. The number of para-hydroxylation sites is 2.